The number of anilines is 1. The Morgan fingerprint density at radius 3 is 2.79 bits per heavy atom. The molecule has 7 heteroatoms. The van der Waals surface area contributed by atoms with E-state index < -0.39 is 11.6 Å². The molecule has 0 aliphatic carbocycles. The Balaban J connectivity index is 2.63. The van der Waals surface area contributed by atoms with E-state index in [0.29, 0.717) is 24.7 Å². The molecule has 1 atom stereocenters. The van der Waals surface area contributed by atoms with E-state index in [2.05, 4.69) is 15.3 Å². The van der Waals surface area contributed by atoms with Gasteiger partial charge in [0.2, 0.25) is 5.95 Å². The molecular weight excluding hydrogens is 250 g/mol. The van der Waals surface area contributed by atoms with Crippen molar-refractivity contribution < 1.29 is 19.7 Å². The fraction of sp³-hybridized carbons (Fsp3) is 0.583. The van der Waals surface area contributed by atoms with Crippen LogP contribution in [0.15, 0.2) is 6.20 Å². The van der Waals surface area contributed by atoms with E-state index in [-0.39, 0.29) is 12.1 Å². The summed E-state index contributed by atoms with van der Waals surface area (Å²) in [6.07, 6.45) is 1.72. The number of carboxylic acid groups (broad SMARTS) is 1. The molecule has 0 saturated carbocycles. The van der Waals surface area contributed by atoms with Crippen LogP contribution in [0.2, 0.25) is 0 Å². The van der Waals surface area contributed by atoms with Crippen molar-refractivity contribution in [1.82, 2.24) is 9.97 Å². The monoisotopic (exact) mass is 269 g/mol. The molecule has 7 nitrogen and oxygen atoms in total. The number of rotatable bonds is 7. The molecule has 0 aliphatic rings. The van der Waals surface area contributed by atoms with Crippen molar-refractivity contribution >= 4 is 11.9 Å². The molecule has 1 aromatic heterocycles. The minimum Gasteiger partial charge on any atom is -0.478 e. The van der Waals surface area contributed by atoms with Gasteiger partial charge in [-0.25, -0.2) is 14.8 Å². The highest BCUT2D eigenvalue weighted by Gasteiger charge is 2.20. The van der Waals surface area contributed by atoms with Gasteiger partial charge < -0.3 is 20.3 Å². The van der Waals surface area contributed by atoms with Crippen LogP contribution >= 0.6 is 0 Å². The van der Waals surface area contributed by atoms with Gasteiger partial charge in [0.05, 0.1) is 16.9 Å². The zero-order valence-electron chi connectivity index (χ0n) is 11.3. The number of hydrogen-bond donors (Lipinski definition) is 3. The molecule has 1 aromatic rings. The summed E-state index contributed by atoms with van der Waals surface area (Å²) in [5.74, 6) is -0.767. The highest BCUT2D eigenvalue weighted by Crippen LogP contribution is 2.12. The topological polar surface area (TPSA) is 105 Å². The van der Waals surface area contributed by atoms with Crippen molar-refractivity contribution in [2.24, 2.45) is 0 Å². The number of nitrogens with one attached hydrogen (secondary N) is 1. The van der Waals surface area contributed by atoms with Gasteiger partial charge in [-0.15, -0.1) is 0 Å². The van der Waals surface area contributed by atoms with Gasteiger partial charge in [0, 0.05) is 32.9 Å². The van der Waals surface area contributed by atoms with E-state index in [9.17, 15) is 9.90 Å². The number of aromatic carboxylic acids is 1. The van der Waals surface area contributed by atoms with Crippen LogP contribution in [-0.4, -0.2) is 52.0 Å². The number of aliphatic hydroxyl groups is 1. The van der Waals surface area contributed by atoms with Crippen LogP contribution in [0.3, 0.4) is 0 Å². The Hall–Kier alpha value is -1.73. The van der Waals surface area contributed by atoms with E-state index >= 15 is 0 Å². The molecule has 0 aliphatic heterocycles. The Morgan fingerprint density at radius 2 is 2.26 bits per heavy atom. The van der Waals surface area contributed by atoms with Gasteiger partial charge in [-0.1, -0.05) is 0 Å². The maximum absolute atomic E-state index is 10.8. The summed E-state index contributed by atoms with van der Waals surface area (Å²) >= 11 is 0. The summed E-state index contributed by atoms with van der Waals surface area (Å²) in [5, 5.41) is 21.8. The highest BCUT2D eigenvalue weighted by atomic mass is 16.5. The van der Waals surface area contributed by atoms with Crippen molar-refractivity contribution in [1.29, 1.82) is 0 Å². The molecule has 0 aromatic carbocycles. The van der Waals surface area contributed by atoms with Crippen LogP contribution in [0.1, 0.15) is 29.4 Å². The number of nitrogens with zero attached hydrogens (tertiary/aromatic N) is 2. The van der Waals surface area contributed by atoms with Crippen molar-refractivity contribution in [2.75, 3.05) is 25.6 Å². The van der Waals surface area contributed by atoms with Crippen LogP contribution in [0.4, 0.5) is 5.95 Å². The number of aromatic nitrogens is 2. The largest absolute Gasteiger partial charge is 0.478 e. The quantitative estimate of drug-likeness (QED) is 0.668. The van der Waals surface area contributed by atoms with Crippen LogP contribution in [0.25, 0.3) is 0 Å². The molecule has 3 N–H and O–H groups in total. The first-order chi connectivity index (χ1) is 8.85. The summed E-state index contributed by atoms with van der Waals surface area (Å²) in [5.41, 5.74) is -0.503. The predicted molar refractivity (Wildman–Crippen MR) is 69.3 cm³/mol. The molecule has 1 heterocycles. The smallest absolute Gasteiger partial charge is 0.339 e. The van der Waals surface area contributed by atoms with Crippen molar-refractivity contribution in [2.45, 2.75) is 25.9 Å². The van der Waals surface area contributed by atoms with E-state index in [1.54, 1.807) is 21.0 Å². The lowest BCUT2D eigenvalue weighted by molar-refractivity contribution is 0.0356. The summed E-state index contributed by atoms with van der Waals surface area (Å²) in [6, 6.07) is 0. The standard InChI is InChI=1S/C12H19N3O4/c1-8-9(10(16)17)6-13-11(15-8)14-7-12(2,18)4-5-19-3/h6,18H,4-5,7H2,1-3H3,(H,16,17)(H,13,14,15). The van der Waals surface area contributed by atoms with Gasteiger partial charge in [0.1, 0.15) is 0 Å². The second-order valence-electron chi connectivity index (χ2n) is 4.59. The van der Waals surface area contributed by atoms with E-state index in [1.165, 1.54) is 6.20 Å². The van der Waals surface area contributed by atoms with E-state index in [0.717, 1.165) is 0 Å². The molecule has 0 spiro atoms. The van der Waals surface area contributed by atoms with E-state index in [4.69, 9.17) is 9.84 Å². The van der Waals surface area contributed by atoms with E-state index in [1.807, 2.05) is 0 Å². The second kappa shape index (κ2) is 6.44. The van der Waals surface area contributed by atoms with Gasteiger partial charge >= 0.3 is 5.97 Å². The van der Waals surface area contributed by atoms with Gasteiger partial charge in [-0.3, -0.25) is 0 Å². The Bertz CT molecular complexity index is 449. The van der Waals surface area contributed by atoms with Crippen LogP contribution in [-0.2, 0) is 4.74 Å². The van der Waals surface area contributed by atoms with Crippen molar-refractivity contribution in [3.8, 4) is 0 Å². The number of methoxy groups -OCH3 is 1. The summed E-state index contributed by atoms with van der Waals surface area (Å²) in [7, 11) is 1.57. The highest BCUT2D eigenvalue weighted by molar-refractivity contribution is 5.88. The number of hydrogen-bond acceptors (Lipinski definition) is 6. The van der Waals surface area contributed by atoms with Crippen LogP contribution in [0.5, 0.6) is 0 Å². The maximum atomic E-state index is 10.8. The molecule has 0 radical (unpaired) electrons. The zero-order valence-corrected chi connectivity index (χ0v) is 11.3. The first-order valence-electron chi connectivity index (χ1n) is 5.88. The summed E-state index contributed by atoms with van der Waals surface area (Å²) in [6.45, 7) is 3.98. The molecule has 1 unspecified atom stereocenters. The van der Waals surface area contributed by atoms with Gasteiger partial charge in [-0.05, 0) is 13.8 Å². The molecule has 0 saturated heterocycles. The molecular formula is C12H19N3O4. The summed E-state index contributed by atoms with van der Waals surface area (Å²) < 4.78 is 4.91. The van der Waals surface area contributed by atoms with Crippen LogP contribution < -0.4 is 5.32 Å². The zero-order chi connectivity index (χ0) is 14.5. The lowest BCUT2D eigenvalue weighted by atomic mass is 10.0. The Morgan fingerprint density at radius 1 is 1.58 bits per heavy atom. The average molecular weight is 269 g/mol. The first kappa shape index (κ1) is 15.3. The minimum atomic E-state index is -1.06. The molecule has 0 bridgehead atoms. The van der Waals surface area contributed by atoms with Gasteiger partial charge in [-0.2, -0.15) is 0 Å². The molecule has 106 valence electrons. The number of ether oxygens (including phenoxy) is 1. The first-order valence-corrected chi connectivity index (χ1v) is 5.88. The minimum absolute atomic E-state index is 0.0664. The maximum Gasteiger partial charge on any atom is 0.339 e. The number of aryl methyl sites for hydroxylation is 1. The lowest BCUT2D eigenvalue weighted by Crippen LogP contribution is -2.35. The Kier molecular flexibility index (Phi) is 5.20. The van der Waals surface area contributed by atoms with Crippen molar-refractivity contribution in [3.05, 3.63) is 17.5 Å². The SMILES string of the molecule is COCCC(C)(O)CNc1ncc(C(=O)O)c(C)n1. The molecule has 0 amide bonds. The predicted octanol–water partition coefficient (Wildman–Crippen LogP) is 0.683. The van der Waals surface area contributed by atoms with Crippen molar-refractivity contribution in [3.63, 3.8) is 0 Å². The molecule has 19 heavy (non-hydrogen) atoms. The third-order valence-corrected chi connectivity index (χ3v) is 2.68. The van der Waals surface area contributed by atoms with Gasteiger partial charge in [0.25, 0.3) is 0 Å². The third-order valence-electron chi connectivity index (χ3n) is 2.68. The fourth-order valence-corrected chi connectivity index (χ4v) is 1.44. The average Bonchev–Trinajstić information content (AvgIpc) is 2.34. The normalized spacial score (nSPS) is 13.9. The molecule has 1 rings (SSSR count). The third kappa shape index (κ3) is 4.80. The Labute approximate surface area is 111 Å². The lowest BCUT2D eigenvalue weighted by Gasteiger charge is -2.23. The fourth-order valence-electron chi connectivity index (χ4n) is 1.44. The molecule has 0 fully saturated rings. The number of carbonyl (C=O) groups is 1. The summed E-state index contributed by atoms with van der Waals surface area (Å²) in [4.78, 5) is 18.7. The second-order valence-corrected chi connectivity index (χ2v) is 4.59. The van der Waals surface area contributed by atoms with Gasteiger partial charge in [0.15, 0.2) is 0 Å². The van der Waals surface area contributed by atoms with Crippen LogP contribution in [0, 0.1) is 6.92 Å². The number of carboxylic acids is 1.